The van der Waals surface area contributed by atoms with E-state index in [0.717, 1.165) is 18.4 Å². The fraction of sp³-hybridized carbons (Fsp3) is 0.500. The molecule has 0 saturated carbocycles. The second kappa shape index (κ2) is 6.99. The molecule has 0 aliphatic heterocycles. The average Bonchev–Trinajstić information content (AvgIpc) is 2.38. The zero-order valence-electron chi connectivity index (χ0n) is 11.1. The summed E-state index contributed by atoms with van der Waals surface area (Å²) in [5, 5.41) is 2.82. The maximum atomic E-state index is 13.4. The van der Waals surface area contributed by atoms with Gasteiger partial charge in [0.2, 0.25) is 5.91 Å². The van der Waals surface area contributed by atoms with Crippen molar-refractivity contribution in [3.63, 3.8) is 0 Å². The molecule has 3 nitrogen and oxygen atoms in total. The van der Waals surface area contributed by atoms with Gasteiger partial charge in [-0.15, -0.1) is 0 Å². The summed E-state index contributed by atoms with van der Waals surface area (Å²) in [6.07, 6.45) is 1.64. The van der Waals surface area contributed by atoms with Gasteiger partial charge in [-0.25, -0.2) is 4.39 Å². The van der Waals surface area contributed by atoms with Gasteiger partial charge in [-0.3, -0.25) is 4.79 Å². The first kappa shape index (κ1) is 14.5. The van der Waals surface area contributed by atoms with Crippen molar-refractivity contribution in [3.05, 3.63) is 29.6 Å². The third-order valence-electron chi connectivity index (χ3n) is 3.04. The van der Waals surface area contributed by atoms with Crippen molar-refractivity contribution in [1.29, 1.82) is 0 Å². The van der Waals surface area contributed by atoms with E-state index < -0.39 is 5.82 Å². The van der Waals surface area contributed by atoms with E-state index in [9.17, 15) is 9.18 Å². The molecule has 1 aromatic rings. The fourth-order valence-electron chi connectivity index (χ4n) is 1.81. The summed E-state index contributed by atoms with van der Waals surface area (Å²) >= 11 is 0. The zero-order chi connectivity index (χ0) is 13.5. The Labute approximate surface area is 107 Å². The van der Waals surface area contributed by atoms with Crippen LogP contribution >= 0.6 is 0 Å². The van der Waals surface area contributed by atoms with Crippen LogP contribution in [0.25, 0.3) is 0 Å². The van der Waals surface area contributed by atoms with Crippen LogP contribution in [0.3, 0.4) is 0 Å². The third kappa shape index (κ3) is 3.72. The lowest BCUT2D eigenvalue weighted by Gasteiger charge is -2.13. The fourth-order valence-corrected chi connectivity index (χ4v) is 1.81. The summed E-state index contributed by atoms with van der Waals surface area (Å²) in [7, 11) is 1.42. The van der Waals surface area contributed by atoms with Gasteiger partial charge in [0.15, 0.2) is 11.6 Å². The Bertz CT molecular complexity index is 403. The second-order valence-corrected chi connectivity index (χ2v) is 4.20. The molecule has 0 bridgehead atoms. The first-order valence-corrected chi connectivity index (χ1v) is 6.22. The number of hydrogen-bond acceptors (Lipinski definition) is 2. The van der Waals surface area contributed by atoms with Gasteiger partial charge < -0.3 is 10.1 Å². The molecule has 1 amide bonds. The van der Waals surface area contributed by atoms with Gasteiger partial charge in [-0.2, -0.15) is 0 Å². The van der Waals surface area contributed by atoms with Crippen molar-refractivity contribution in [3.8, 4) is 5.75 Å². The van der Waals surface area contributed by atoms with E-state index in [0.29, 0.717) is 6.54 Å². The molecule has 0 spiro atoms. The van der Waals surface area contributed by atoms with Gasteiger partial charge in [-0.1, -0.05) is 19.9 Å². The topological polar surface area (TPSA) is 38.3 Å². The maximum Gasteiger partial charge on any atom is 0.223 e. The summed E-state index contributed by atoms with van der Waals surface area (Å²) < 4.78 is 18.3. The van der Waals surface area contributed by atoms with Crippen LogP contribution in [0, 0.1) is 11.7 Å². The van der Waals surface area contributed by atoms with E-state index in [2.05, 4.69) is 5.32 Å². The van der Waals surface area contributed by atoms with Gasteiger partial charge in [0.1, 0.15) is 0 Å². The molecule has 0 fully saturated rings. The smallest absolute Gasteiger partial charge is 0.223 e. The maximum absolute atomic E-state index is 13.4. The molecular formula is C14H20FNO2. The summed E-state index contributed by atoms with van der Waals surface area (Å²) in [6, 6.07) is 4.69. The highest BCUT2D eigenvalue weighted by atomic mass is 19.1. The van der Waals surface area contributed by atoms with E-state index in [1.165, 1.54) is 13.2 Å². The van der Waals surface area contributed by atoms with Gasteiger partial charge in [0, 0.05) is 12.5 Å². The number of rotatable bonds is 6. The molecule has 0 saturated heterocycles. The predicted octanol–water partition coefficient (Wildman–Crippen LogP) is 2.89. The van der Waals surface area contributed by atoms with Crippen molar-refractivity contribution in [1.82, 2.24) is 5.32 Å². The van der Waals surface area contributed by atoms with Crippen LogP contribution in [-0.2, 0) is 11.3 Å². The minimum Gasteiger partial charge on any atom is -0.494 e. The number of halogens is 1. The lowest BCUT2D eigenvalue weighted by Crippen LogP contribution is -2.29. The highest BCUT2D eigenvalue weighted by molar-refractivity contribution is 5.78. The molecule has 0 radical (unpaired) electrons. The molecule has 1 N–H and O–H groups in total. The number of amides is 1. The molecule has 1 aromatic carbocycles. The number of hydrogen-bond donors (Lipinski definition) is 1. The van der Waals surface area contributed by atoms with Crippen molar-refractivity contribution in [2.75, 3.05) is 7.11 Å². The second-order valence-electron chi connectivity index (χ2n) is 4.20. The highest BCUT2D eigenvalue weighted by Crippen LogP contribution is 2.17. The number of benzene rings is 1. The van der Waals surface area contributed by atoms with Crippen molar-refractivity contribution in [2.45, 2.75) is 33.2 Å². The monoisotopic (exact) mass is 253 g/mol. The number of carbonyl (C=O) groups excluding carboxylic acids is 1. The largest absolute Gasteiger partial charge is 0.494 e. The zero-order valence-corrected chi connectivity index (χ0v) is 11.1. The Morgan fingerprint density at radius 3 is 2.56 bits per heavy atom. The van der Waals surface area contributed by atoms with E-state index in [-0.39, 0.29) is 17.6 Å². The number of carbonyl (C=O) groups is 1. The Balaban J connectivity index is 2.58. The number of nitrogens with one attached hydrogen (secondary N) is 1. The van der Waals surface area contributed by atoms with E-state index in [1.807, 2.05) is 13.8 Å². The Morgan fingerprint density at radius 1 is 1.39 bits per heavy atom. The minimum atomic E-state index is -0.410. The summed E-state index contributed by atoms with van der Waals surface area (Å²) in [5.74, 6) is -0.138. The summed E-state index contributed by atoms with van der Waals surface area (Å²) in [5.41, 5.74) is 0.729. The van der Waals surface area contributed by atoms with E-state index in [1.54, 1.807) is 12.1 Å². The van der Waals surface area contributed by atoms with Gasteiger partial charge in [0.05, 0.1) is 7.11 Å². The Morgan fingerprint density at radius 2 is 2.06 bits per heavy atom. The molecule has 4 heteroatoms. The molecular weight excluding hydrogens is 233 g/mol. The van der Waals surface area contributed by atoms with Crippen LogP contribution in [0.4, 0.5) is 4.39 Å². The molecule has 1 rings (SSSR count). The van der Waals surface area contributed by atoms with Gasteiger partial charge in [0.25, 0.3) is 0 Å². The molecule has 18 heavy (non-hydrogen) atoms. The molecule has 0 aromatic heterocycles. The standard InChI is InChI=1S/C14H20FNO2/c1-4-11(5-2)14(17)16-9-10-6-7-13(18-3)12(15)8-10/h6-8,11H,4-5,9H2,1-3H3,(H,16,17). The quantitative estimate of drug-likeness (QED) is 0.846. The SMILES string of the molecule is CCC(CC)C(=O)NCc1ccc(OC)c(F)c1. The first-order chi connectivity index (χ1) is 8.62. The molecule has 0 aliphatic carbocycles. The Kier molecular flexibility index (Phi) is 5.62. The van der Waals surface area contributed by atoms with Crippen LogP contribution in [-0.4, -0.2) is 13.0 Å². The number of ether oxygens (including phenoxy) is 1. The molecule has 0 aliphatic rings. The van der Waals surface area contributed by atoms with Crippen molar-refractivity contribution in [2.24, 2.45) is 5.92 Å². The van der Waals surface area contributed by atoms with E-state index in [4.69, 9.17) is 4.74 Å². The number of methoxy groups -OCH3 is 1. The summed E-state index contributed by atoms with van der Waals surface area (Å²) in [6.45, 7) is 4.32. The lowest BCUT2D eigenvalue weighted by molar-refractivity contribution is -0.125. The molecule has 0 atom stereocenters. The predicted molar refractivity (Wildman–Crippen MR) is 68.9 cm³/mol. The lowest BCUT2D eigenvalue weighted by atomic mass is 10.0. The molecule has 0 unspecified atom stereocenters. The normalized spacial score (nSPS) is 10.5. The molecule has 100 valence electrons. The third-order valence-corrected chi connectivity index (χ3v) is 3.04. The van der Waals surface area contributed by atoms with Gasteiger partial charge in [-0.05, 0) is 30.5 Å². The first-order valence-electron chi connectivity index (χ1n) is 6.22. The van der Waals surface area contributed by atoms with Crippen LogP contribution in [0.1, 0.15) is 32.3 Å². The van der Waals surface area contributed by atoms with Crippen LogP contribution in [0.15, 0.2) is 18.2 Å². The highest BCUT2D eigenvalue weighted by Gasteiger charge is 2.13. The van der Waals surface area contributed by atoms with Crippen LogP contribution in [0.5, 0.6) is 5.75 Å². The summed E-state index contributed by atoms with van der Waals surface area (Å²) in [4.78, 5) is 11.8. The van der Waals surface area contributed by atoms with E-state index >= 15 is 0 Å². The van der Waals surface area contributed by atoms with Crippen LogP contribution in [0.2, 0.25) is 0 Å². The van der Waals surface area contributed by atoms with Crippen molar-refractivity contribution < 1.29 is 13.9 Å². The van der Waals surface area contributed by atoms with Crippen LogP contribution < -0.4 is 10.1 Å². The van der Waals surface area contributed by atoms with Gasteiger partial charge >= 0.3 is 0 Å². The van der Waals surface area contributed by atoms with Crippen molar-refractivity contribution >= 4 is 5.91 Å². The minimum absolute atomic E-state index is 0.0243. The molecule has 0 heterocycles. The Hall–Kier alpha value is -1.58. The average molecular weight is 253 g/mol.